The van der Waals surface area contributed by atoms with Gasteiger partial charge in [-0.1, -0.05) is 19.1 Å². The molecule has 6 nitrogen and oxygen atoms in total. The van der Waals surface area contributed by atoms with Crippen molar-refractivity contribution >= 4 is 17.8 Å². The molecule has 0 saturated heterocycles. The van der Waals surface area contributed by atoms with E-state index < -0.39 is 5.97 Å². The van der Waals surface area contributed by atoms with Crippen LogP contribution in [-0.4, -0.2) is 29.4 Å². The molecule has 0 heterocycles. The summed E-state index contributed by atoms with van der Waals surface area (Å²) in [7, 11) is 0. The molecule has 0 bridgehead atoms. The molecule has 0 aliphatic rings. The van der Waals surface area contributed by atoms with Gasteiger partial charge < -0.3 is 15.7 Å². The molecule has 1 aromatic rings. The van der Waals surface area contributed by atoms with Crippen LogP contribution in [0.4, 0.5) is 0 Å². The molecule has 21 heavy (non-hydrogen) atoms. The van der Waals surface area contributed by atoms with Crippen molar-refractivity contribution in [2.24, 2.45) is 0 Å². The van der Waals surface area contributed by atoms with Crippen molar-refractivity contribution in [3.63, 3.8) is 0 Å². The number of carboxylic acid groups (broad SMARTS) is 1. The summed E-state index contributed by atoms with van der Waals surface area (Å²) in [6.07, 6.45) is 1.18. The Morgan fingerprint density at radius 1 is 1.00 bits per heavy atom. The molecule has 3 N–H and O–H groups in total. The van der Waals surface area contributed by atoms with Crippen molar-refractivity contribution in [3.8, 4) is 0 Å². The summed E-state index contributed by atoms with van der Waals surface area (Å²) in [5.74, 6) is -1.31. The molecule has 0 spiro atoms. The van der Waals surface area contributed by atoms with Crippen LogP contribution in [-0.2, 0) is 16.1 Å². The second-order valence-corrected chi connectivity index (χ2v) is 4.63. The van der Waals surface area contributed by atoms with E-state index in [0.717, 1.165) is 12.0 Å². The van der Waals surface area contributed by atoms with Gasteiger partial charge in [0.05, 0.1) is 5.56 Å². The molecule has 0 fully saturated rings. The number of nitrogens with one attached hydrogen (secondary N) is 2. The zero-order chi connectivity index (χ0) is 15.7. The quantitative estimate of drug-likeness (QED) is 0.673. The number of hydrogen-bond donors (Lipinski definition) is 3. The summed E-state index contributed by atoms with van der Waals surface area (Å²) < 4.78 is 0. The standard InChI is InChI=1S/C15H20N2O4/c1-2-9-16-13(18)7-8-14(19)17-10-11-3-5-12(6-4-11)15(20)21/h3-6H,2,7-10H2,1H3,(H,16,18)(H,17,19)(H,20,21). The molecule has 0 radical (unpaired) electrons. The normalized spacial score (nSPS) is 9.95. The Labute approximate surface area is 123 Å². The number of hydrogen-bond acceptors (Lipinski definition) is 3. The number of carbonyl (C=O) groups is 3. The molecule has 6 heteroatoms. The summed E-state index contributed by atoms with van der Waals surface area (Å²) in [4.78, 5) is 33.6. The smallest absolute Gasteiger partial charge is 0.335 e. The summed E-state index contributed by atoms with van der Waals surface area (Å²) in [6.45, 7) is 2.90. The third kappa shape index (κ3) is 6.56. The third-order valence-corrected chi connectivity index (χ3v) is 2.84. The van der Waals surface area contributed by atoms with Crippen LogP contribution in [0.25, 0.3) is 0 Å². The van der Waals surface area contributed by atoms with Gasteiger partial charge in [-0.3, -0.25) is 9.59 Å². The first-order valence-corrected chi connectivity index (χ1v) is 6.88. The maximum absolute atomic E-state index is 11.6. The third-order valence-electron chi connectivity index (χ3n) is 2.84. The van der Waals surface area contributed by atoms with E-state index in [1.165, 1.54) is 12.1 Å². The number of carboxylic acids is 1. The number of rotatable bonds is 8. The van der Waals surface area contributed by atoms with E-state index >= 15 is 0 Å². The fourth-order valence-corrected chi connectivity index (χ4v) is 1.63. The molecule has 2 amide bonds. The maximum atomic E-state index is 11.6. The largest absolute Gasteiger partial charge is 0.478 e. The fourth-order valence-electron chi connectivity index (χ4n) is 1.63. The number of aromatic carboxylic acids is 1. The average Bonchev–Trinajstić information content (AvgIpc) is 2.49. The first-order valence-electron chi connectivity index (χ1n) is 6.88. The molecule has 1 aromatic carbocycles. The summed E-state index contributed by atoms with van der Waals surface area (Å²) in [5, 5.41) is 14.2. The van der Waals surface area contributed by atoms with Crippen LogP contribution in [0.3, 0.4) is 0 Å². The summed E-state index contributed by atoms with van der Waals surface area (Å²) >= 11 is 0. The van der Waals surface area contributed by atoms with E-state index in [1.54, 1.807) is 12.1 Å². The predicted molar refractivity (Wildman–Crippen MR) is 77.8 cm³/mol. The minimum absolute atomic E-state index is 0.127. The van der Waals surface area contributed by atoms with Gasteiger partial charge in [0.15, 0.2) is 0 Å². The van der Waals surface area contributed by atoms with E-state index in [4.69, 9.17) is 5.11 Å². The highest BCUT2D eigenvalue weighted by atomic mass is 16.4. The van der Waals surface area contributed by atoms with Crippen molar-refractivity contribution in [1.29, 1.82) is 0 Å². The number of amides is 2. The lowest BCUT2D eigenvalue weighted by molar-refractivity contribution is -0.126. The molecule has 1 rings (SSSR count). The highest BCUT2D eigenvalue weighted by Crippen LogP contribution is 2.04. The van der Waals surface area contributed by atoms with Gasteiger partial charge in [-0.25, -0.2) is 4.79 Å². The van der Waals surface area contributed by atoms with Crippen molar-refractivity contribution in [2.45, 2.75) is 32.7 Å². The Kier molecular flexibility index (Phi) is 6.94. The van der Waals surface area contributed by atoms with Crippen LogP contribution >= 0.6 is 0 Å². The predicted octanol–water partition coefficient (Wildman–Crippen LogP) is 1.31. The first kappa shape index (κ1) is 16.7. The van der Waals surface area contributed by atoms with Gasteiger partial charge in [0.2, 0.25) is 11.8 Å². The zero-order valence-corrected chi connectivity index (χ0v) is 12.0. The molecule has 0 saturated carbocycles. The monoisotopic (exact) mass is 292 g/mol. The number of carbonyl (C=O) groups excluding carboxylic acids is 2. The maximum Gasteiger partial charge on any atom is 0.335 e. The van der Waals surface area contributed by atoms with Crippen LogP contribution in [0.15, 0.2) is 24.3 Å². The van der Waals surface area contributed by atoms with Gasteiger partial charge in [0, 0.05) is 25.9 Å². The first-order chi connectivity index (χ1) is 10.0. The molecule has 0 atom stereocenters. The summed E-state index contributed by atoms with van der Waals surface area (Å²) in [6, 6.07) is 6.28. The SMILES string of the molecule is CCCNC(=O)CCC(=O)NCc1ccc(C(=O)O)cc1. The van der Waals surface area contributed by atoms with Crippen LogP contribution in [0.1, 0.15) is 42.1 Å². The minimum atomic E-state index is -0.983. The van der Waals surface area contributed by atoms with E-state index in [9.17, 15) is 14.4 Å². The molecule has 114 valence electrons. The van der Waals surface area contributed by atoms with Crippen molar-refractivity contribution in [2.75, 3.05) is 6.54 Å². The van der Waals surface area contributed by atoms with E-state index in [-0.39, 0.29) is 30.2 Å². The molecule has 0 aliphatic heterocycles. The van der Waals surface area contributed by atoms with Gasteiger partial charge in [-0.05, 0) is 24.1 Å². The Morgan fingerprint density at radius 2 is 1.57 bits per heavy atom. The molecule has 0 unspecified atom stereocenters. The molecule has 0 aromatic heterocycles. The van der Waals surface area contributed by atoms with Crippen molar-refractivity contribution in [1.82, 2.24) is 10.6 Å². The van der Waals surface area contributed by atoms with Crippen LogP contribution < -0.4 is 10.6 Å². The van der Waals surface area contributed by atoms with E-state index in [0.29, 0.717) is 13.1 Å². The molecule has 0 aliphatic carbocycles. The van der Waals surface area contributed by atoms with Crippen LogP contribution in [0.2, 0.25) is 0 Å². The lowest BCUT2D eigenvalue weighted by Gasteiger charge is -2.06. The Bertz CT molecular complexity index is 497. The van der Waals surface area contributed by atoms with Gasteiger partial charge in [0.25, 0.3) is 0 Å². The zero-order valence-electron chi connectivity index (χ0n) is 12.0. The fraction of sp³-hybridized carbons (Fsp3) is 0.400. The Balaban J connectivity index is 2.29. The van der Waals surface area contributed by atoms with Crippen LogP contribution in [0, 0.1) is 0 Å². The Morgan fingerprint density at radius 3 is 2.10 bits per heavy atom. The minimum Gasteiger partial charge on any atom is -0.478 e. The van der Waals surface area contributed by atoms with Gasteiger partial charge in [-0.15, -0.1) is 0 Å². The second-order valence-electron chi connectivity index (χ2n) is 4.63. The Hall–Kier alpha value is -2.37. The molecular weight excluding hydrogens is 272 g/mol. The lowest BCUT2D eigenvalue weighted by Crippen LogP contribution is -2.27. The van der Waals surface area contributed by atoms with Gasteiger partial charge in [0.1, 0.15) is 0 Å². The van der Waals surface area contributed by atoms with Crippen molar-refractivity contribution < 1.29 is 19.5 Å². The highest BCUT2D eigenvalue weighted by molar-refractivity contribution is 5.87. The molecular formula is C15H20N2O4. The van der Waals surface area contributed by atoms with E-state index in [2.05, 4.69) is 10.6 Å². The van der Waals surface area contributed by atoms with Gasteiger partial charge >= 0.3 is 5.97 Å². The lowest BCUT2D eigenvalue weighted by atomic mass is 10.1. The van der Waals surface area contributed by atoms with Gasteiger partial charge in [-0.2, -0.15) is 0 Å². The van der Waals surface area contributed by atoms with E-state index in [1.807, 2.05) is 6.92 Å². The highest BCUT2D eigenvalue weighted by Gasteiger charge is 2.06. The summed E-state index contributed by atoms with van der Waals surface area (Å²) in [5.41, 5.74) is 1.02. The number of benzene rings is 1. The van der Waals surface area contributed by atoms with Crippen molar-refractivity contribution in [3.05, 3.63) is 35.4 Å². The second kappa shape index (κ2) is 8.73. The van der Waals surface area contributed by atoms with Crippen LogP contribution in [0.5, 0.6) is 0 Å². The average molecular weight is 292 g/mol. The topological polar surface area (TPSA) is 95.5 Å².